The van der Waals surface area contributed by atoms with Crippen molar-refractivity contribution in [3.05, 3.63) is 75.5 Å². The molecule has 0 saturated heterocycles. The molecule has 0 aliphatic carbocycles. The van der Waals surface area contributed by atoms with Gasteiger partial charge >= 0.3 is 0 Å². The molecule has 1 aliphatic rings. The Kier molecular flexibility index (Phi) is 8.02. The summed E-state index contributed by atoms with van der Waals surface area (Å²) in [5, 5.41) is 2.00. The Bertz CT molecular complexity index is 1320. The van der Waals surface area contributed by atoms with Gasteiger partial charge in [-0.2, -0.15) is 4.31 Å². The number of fused-ring (bicyclic) bond motifs is 1. The minimum absolute atomic E-state index is 0.0554. The minimum Gasteiger partial charge on any atom is -0.454 e. The molecule has 0 fully saturated rings. The number of hydrogen-bond acceptors (Lipinski definition) is 6. The van der Waals surface area contributed by atoms with Crippen LogP contribution in [-0.4, -0.2) is 43.4 Å². The zero-order chi connectivity index (χ0) is 25.9. The molecule has 7 nitrogen and oxygen atoms in total. The van der Waals surface area contributed by atoms with Crippen molar-refractivity contribution in [1.29, 1.82) is 0 Å². The lowest BCUT2D eigenvalue weighted by Crippen LogP contribution is -2.43. The first-order valence-corrected chi connectivity index (χ1v) is 14.2. The van der Waals surface area contributed by atoms with E-state index in [-0.39, 0.29) is 36.6 Å². The number of thiophene rings is 1. The zero-order valence-corrected chi connectivity index (χ0v) is 22.7. The molecular formula is C27H32N2O5S2. The topological polar surface area (TPSA) is 76.2 Å². The molecule has 0 saturated carbocycles. The molecule has 36 heavy (non-hydrogen) atoms. The Hall–Kier alpha value is -2.88. The van der Waals surface area contributed by atoms with Gasteiger partial charge in [0, 0.05) is 18.0 Å². The molecule has 1 aromatic heterocycles. The van der Waals surface area contributed by atoms with E-state index in [2.05, 4.69) is 0 Å². The van der Waals surface area contributed by atoms with E-state index in [4.69, 9.17) is 9.47 Å². The number of rotatable bonds is 10. The van der Waals surface area contributed by atoms with Gasteiger partial charge < -0.3 is 14.4 Å². The van der Waals surface area contributed by atoms with Crippen molar-refractivity contribution in [3.63, 3.8) is 0 Å². The Morgan fingerprint density at radius 3 is 2.39 bits per heavy atom. The normalized spacial score (nSPS) is 12.9. The Morgan fingerprint density at radius 1 is 1.00 bits per heavy atom. The summed E-state index contributed by atoms with van der Waals surface area (Å²) in [5.74, 6) is 1.13. The van der Waals surface area contributed by atoms with Gasteiger partial charge in [0.05, 0.1) is 18.0 Å². The lowest BCUT2D eigenvalue weighted by molar-refractivity contribution is -0.132. The maximum absolute atomic E-state index is 13.7. The number of amides is 1. The standard InChI is InChI=1S/C27H32N2O5S2/c1-19(2)14-29(36(31,32)23-8-5-20(3)6-9-23)17-27(30)28(16-26-21(4)11-12-35-26)15-22-7-10-24-25(13-22)34-18-33-24/h5-13,19H,14-18H2,1-4H3. The van der Waals surface area contributed by atoms with Crippen molar-refractivity contribution < 1.29 is 22.7 Å². The first-order valence-electron chi connectivity index (χ1n) is 11.9. The molecule has 192 valence electrons. The van der Waals surface area contributed by atoms with E-state index in [1.54, 1.807) is 40.5 Å². The number of aryl methyl sites for hydroxylation is 2. The summed E-state index contributed by atoms with van der Waals surface area (Å²) in [7, 11) is -3.84. The molecule has 0 N–H and O–H groups in total. The Labute approximate surface area is 217 Å². The van der Waals surface area contributed by atoms with Gasteiger partial charge in [0.25, 0.3) is 0 Å². The molecule has 0 radical (unpaired) electrons. The molecule has 0 unspecified atom stereocenters. The van der Waals surface area contributed by atoms with Gasteiger partial charge in [0.1, 0.15) is 0 Å². The van der Waals surface area contributed by atoms with E-state index in [1.807, 2.05) is 57.3 Å². The van der Waals surface area contributed by atoms with Crippen molar-refractivity contribution in [2.45, 2.75) is 45.7 Å². The van der Waals surface area contributed by atoms with E-state index >= 15 is 0 Å². The molecule has 3 aromatic rings. The number of carbonyl (C=O) groups excluding carboxylic acids is 1. The number of ether oxygens (including phenoxy) is 2. The zero-order valence-electron chi connectivity index (χ0n) is 21.1. The summed E-state index contributed by atoms with van der Waals surface area (Å²) >= 11 is 1.59. The number of carbonyl (C=O) groups is 1. The quantitative estimate of drug-likeness (QED) is 0.371. The summed E-state index contributed by atoms with van der Waals surface area (Å²) in [5.41, 5.74) is 2.97. The third kappa shape index (κ3) is 6.08. The van der Waals surface area contributed by atoms with Crippen molar-refractivity contribution in [2.24, 2.45) is 5.92 Å². The highest BCUT2D eigenvalue weighted by Crippen LogP contribution is 2.33. The first kappa shape index (κ1) is 26.2. The largest absolute Gasteiger partial charge is 0.454 e. The minimum atomic E-state index is -3.84. The Morgan fingerprint density at radius 2 is 1.72 bits per heavy atom. The number of sulfonamides is 1. The molecule has 1 aliphatic heterocycles. The molecular weight excluding hydrogens is 496 g/mol. The van der Waals surface area contributed by atoms with Crippen LogP contribution in [0.2, 0.25) is 0 Å². The summed E-state index contributed by atoms with van der Waals surface area (Å²) < 4.78 is 39.3. The summed E-state index contributed by atoms with van der Waals surface area (Å²) in [4.78, 5) is 16.7. The summed E-state index contributed by atoms with van der Waals surface area (Å²) in [6, 6.07) is 14.4. The van der Waals surface area contributed by atoms with Crippen LogP contribution in [-0.2, 0) is 27.9 Å². The van der Waals surface area contributed by atoms with E-state index in [0.29, 0.717) is 24.6 Å². The summed E-state index contributed by atoms with van der Waals surface area (Å²) in [6.07, 6.45) is 0. The van der Waals surface area contributed by atoms with Crippen LogP contribution in [0.25, 0.3) is 0 Å². The maximum atomic E-state index is 13.7. The van der Waals surface area contributed by atoms with E-state index in [1.165, 1.54) is 4.31 Å². The smallest absolute Gasteiger partial charge is 0.243 e. The number of benzene rings is 2. The van der Waals surface area contributed by atoms with Crippen molar-refractivity contribution in [3.8, 4) is 11.5 Å². The fourth-order valence-corrected chi connectivity index (χ4v) is 6.47. The molecule has 0 spiro atoms. The lowest BCUT2D eigenvalue weighted by Gasteiger charge is -2.28. The second-order valence-corrected chi connectivity index (χ2v) is 12.4. The summed E-state index contributed by atoms with van der Waals surface area (Å²) in [6.45, 7) is 8.74. The van der Waals surface area contributed by atoms with Gasteiger partial charge in [-0.3, -0.25) is 4.79 Å². The maximum Gasteiger partial charge on any atom is 0.243 e. The van der Waals surface area contributed by atoms with Crippen LogP contribution in [0.3, 0.4) is 0 Å². The van der Waals surface area contributed by atoms with E-state index < -0.39 is 10.0 Å². The van der Waals surface area contributed by atoms with E-state index in [0.717, 1.165) is 21.6 Å². The van der Waals surface area contributed by atoms with Crippen LogP contribution >= 0.6 is 11.3 Å². The van der Waals surface area contributed by atoms with Crippen LogP contribution in [0.1, 0.15) is 35.4 Å². The van der Waals surface area contributed by atoms with Crippen LogP contribution in [0.5, 0.6) is 11.5 Å². The van der Waals surface area contributed by atoms with Gasteiger partial charge in [0.15, 0.2) is 11.5 Å². The third-order valence-electron chi connectivity index (χ3n) is 6.00. The fraction of sp³-hybridized carbons (Fsp3) is 0.370. The highest BCUT2D eigenvalue weighted by atomic mass is 32.2. The van der Waals surface area contributed by atoms with Gasteiger partial charge in [0.2, 0.25) is 22.7 Å². The first-order chi connectivity index (χ1) is 17.1. The second-order valence-electron chi connectivity index (χ2n) is 9.47. The lowest BCUT2D eigenvalue weighted by atomic mass is 10.1. The fourth-order valence-electron chi connectivity index (χ4n) is 4.00. The van der Waals surface area contributed by atoms with Crippen molar-refractivity contribution >= 4 is 27.3 Å². The third-order valence-corrected chi connectivity index (χ3v) is 8.84. The molecule has 1 amide bonds. The molecule has 0 atom stereocenters. The van der Waals surface area contributed by atoms with E-state index in [9.17, 15) is 13.2 Å². The SMILES string of the molecule is Cc1ccc(S(=O)(=O)N(CC(=O)N(Cc2ccc3c(c2)OCO3)Cc2sccc2C)CC(C)C)cc1. The predicted molar refractivity (Wildman–Crippen MR) is 141 cm³/mol. The van der Waals surface area contributed by atoms with Crippen molar-refractivity contribution in [1.82, 2.24) is 9.21 Å². The van der Waals surface area contributed by atoms with Crippen LogP contribution in [0.15, 0.2) is 58.8 Å². The van der Waals surface area contributed by atoms with Gasteiger partial charge in [-0.05, 0) is 66.6 Å². The van der Waals surface area contributed by atoms with Gasteiger partial charge in [-0.15, -0.1) is 11.3 Å². The highest BCUT2D eigenvalue weighted by Gasteiger charge is 2.29. The molecule has 2 heterocycles. The van der Waals surface area contributed by atoms with Gasteiger partial charge in [-0.25, -0.2) is 8.42 Å². The molecule has 2 aromatic carbocycles. The number of hydrogen-bond donors (Lipinski definition) is 0. The highest BCUT2D eigenvalue weighted by molar-refractivity contribution is 7.89. The van der Waals surface area contributed by atoms with Crippen LogP contribution < -0.4 is 9.47 Å². The Balaban J connectivity index is 1.61. The number of nitrogens with zero attached hydrogens (tertiary/aromatic N) is 2. The van der Waals surface area contributed by atoms with Gasteiger partial charge in [-0.1, -0.05) is 37.6 Å². The predicted octanol–water partition coefficient (Wildman–Crippen LogP) is 4.97. The molecule has 4 rings (SSSR count). The average molecular weight is 529 g/mol. The van der Waals surface area contributed by atoms with Crippen LogP contribution in [0, 0.1) is 19.8 Å². The monoisotopic (exact) mass is 528 g/mol. The van der Waals surface area contributed by atoms with Crippen LogP contribution in [0.4, 0.5) is 0 Å². The molecule has 0 bridgehead atoms. The average Bonchev–Trinajstić information content (AvgIpc) is 3.46. The molecule has 9 heteroatoms. The van der Waals surface area contributed by atoms with Crippen molar-refractivity contribution in [2.75, 3.05) is 19.9 Å². The second kappa shape index (κ2) is 11.0.